The molecular weight excluding hydrogens is 841 g/mol. The molecule has 0 saturated heterocycles. The molecule has 0 aliphatic carbocycles. The molecule has 0 spiro atoms. The zero-order valence-electron chi connectivity index (χ0n) is 37.7. The zero-order valence-corrected chi connectivity index (χ0v) is 37.7. The Labute approximate surface area is 398 Å². The van der Waals surface area contributed by atoms with E-state index in [1.165, 1.54) is 11.1 Å². The number of aromatic amines is 1. The first-order chi connectivity index (χ1) is 34.1. The summed E-state index contributed by atoms with van der Waals surface area (Å²) in [4.78, 5) is 24.7. The second kappa shape index (κ2) is 16.6. The van der Waals surface area contributed by atoms with E-state index in [-0.39, 0.29) is 0 Å². The summed E-state index contributed by atoms with van der Waals surface area (Å²) in [7, 11) is 0. The highest BCUT2D eigenvalue weighted by atomic mass is 15.2. The van der Waals surface area contributed by atoms with Gasteiger partial charge in [0.15, 0.2) is 11.6 Å². The largest absolute Gasteiger partial charge is 0.353 e. The summed E-state index contributed by atoms with van der Waals surface area (Å²) in [5.74, 6) is 1.79. The number of para-hydroxylation sites is 1. The summed E-state index contributed by atoms with van der Waals surface area (Å²) in [6, 6.07) is 81.2. The van der Waals surface area contributed by atoms with Gasteiger partial charge in [0.2, 0.25) is 5.95 Å². The zero-order chi connectivity index (χ0) is 45.8. The number of aromatic nitrogens is 6. The van der Waals surface area contributed by atoms with Gasteiger partial charge in [-0.15, -0.1) is 0 Å². The standard InChI is InChI=1S/C63H42N6/c1-40-18-14-15-27-50(40)48-38-56(42-21-8-3-9-22-42)64-57(39-48)49-35-46(41-19-6-2-7-20-41)34-47(36-49)45-30-33-55-54(37-45)52-31-32-53-51-28-16-17-29-58(51)69(60(53)59(52)65-55)63-67-61(43-23-10-4-11-24-43)66-62(68-63)44-25-12-5-13-26-44/h2-39,65H,1H3. The van der Waals surface area contributed by atoms with E-state index in [0.717, 1.165) is 105 Å². The summed E-state index contributed by atoms with van der Waals surface area (Å²) in [5.41, 5.74) is 18.0. The smallest absolute Gasteiger partial charge is 0.238 e. The second-order valence-corrected chi connectivity index (χ2v) is 17.6. The second-order valence-electron chi connectivity index (χ2n) is 17.6. The average Bonchev–Trinajstić information content (AvgIpc) is 3.97. The van der Waals surface area contributed by atoms with Crippen molar-refractivity contribution in [3.05, 3.63) is 236 Å². The fraction of sp³-hybridized carbons (Fsp3) is 0.0159. The fourth-order valence-electron chi connectivity index (χ4n) is 9.93. The van der Waals surface area contributed by atoms with Gasteiger partial charge in [-0.2, -0.15) is 9.97 Å². The van der Waals surface area contributed by atoms with Gasteiger partial charge in [0.25, 0.3) is 0 Å². The molecule has 0 saturated carbocycles. The topological polar surface area (TPSA) is 72.3 Å². The third-order valence-corrected chi connectivity index (χ3v) is 13.3. The van der Waals surface area contributed by atoms with Crippen molar-refractivity contribution >= 4 is 43.6 Å². The van der Waals surface area contributed by atoms with Crippen molar-refractivity contribution in [3.63, 3.8) is 0 Å². The molecule has 0 bridgehead atoms. The first kappa shape index (κ1) is 40.1. The molecule has 13 rings (SSSR count). The average molecular weight is 883 g/mol. The molecule has 6 nitrogen and oxygen atoms in total. The van der Waals surface area contributed by atoms with Gasteiger partial charge in [-0.1, -0.05) is 182 Å². The molecule has 0 aliphatic rings. The Kier molecular flexibility index (Phi) is 9.61. The Hall–Kier alpha value is -9.26. The quantitative estimate of drug-likeness (QED) is 0.165. The van der Waals surface area contributed by atoms with Crippen LogP contribution in [0, 0.1) is 6.92 Å². The Bertz CT molecular complexity index is 4010. The molecular formula is C63H42N6. The van der Waals surface area contributed by atoms with E-state index in [1.54, 1.807) is 0 Å². The molecule has 0 radical (unpaired) electrons. The van der Waals surface area contributed by atoms with Crippen LogP contribution in [0.2, 0.25) is 0 Å². The van der Waals surface area contributed by atoms with Crippen LogP contribution in [0.25, 0.3) is 128 Å². The van der Waals surface area contributed by atoms with Crippen molar-refractivity contribution in [2.45, 2.75) is 6.92 Å². The van der Waals surface area contributed by atoms with E-state index in [0.29, 0.717) is 17.6 Å². The third-order valence-electron chi connectivity index (χ3n) is 13.3. The Balaban J connectivity index is 1.01. The summed E-state index contributed by atoms with van der Waals surface area (Å²) < 4.78 is 2.21. The van der Waals surface area contributed by atoms with Gasteiger partial charge in [0.1, 0.15) is 0 Å². The SMILES string of the molecule is Cc1ccccc1-c1cc(-c2ccccc2)nc(-c2cc(-c3ccccc3)cc(-c3ccc4[nH]c5c(ccc6c7ccccc7n(-c7nc(-c8ccccc8)nc(-c8ccccc8)n7)c65)c4c3)c2)c1. The number of nitrogens with zero attached hydrogens (tertiary/aromatic N) is 5. The van der Waals surface area contributed by atoms with E-state index >= 15 is 0 Å². The summed E-state index contributed by atoms with van der Waals surface area (Å²) in [5, 5.41) is 4.48. The number of rotatable bonds is 8. The minimum Gasteiger partial charge on any atom is -0.353 e. The fourth-order valence-corrected chi connectivity index (χ4v) is 9.93. The number of hydrogen-bond acceptors (Lipinski definition) is 4. The van der Waals surface area contributed by atoms with Crippen LogP contribution in [0.3, 0.4) is 0 Å². The van der Waals surface area contributed by atoms with Crippen molar-refractivity contribution in [1.82, 2.24) is 29.5 Å². The molecule has 69 heavy (non-hydrogen) atoms. The summed E-state index contributed by atoms with van der Waals surface area (Å²) in [6.45, 7) is 2.17. The van der Waals surface area contributed by atoms with Crippen molar-refractivity contribution < 1.29 is 0 Å². The van der Waals surface area contributed by atoms with Gasteiger partial charge >= 0.3 is 0 Å². The Morgan fingerprint density at radius 2 is 0.899 bits per heavy atom. The summed E-state index contributed by atoms with van der Waals surface area (Å²) in [6.07, 6.45) is 0. The molecule has 0 aliphatic heterocycles. The lowest BCUT2D eigenvalue weighted by atomic mass is 9.92. The number of fused-ring (bicyclic) bond motifs is 7. The van der Waals surface area contributed by atoms with E-state index in [2.05, 4.69) is 186 Å². The lowest BCUT2D eigenvalue weighted by Gasteiger charge is -2.14. The van der Waals surface area contributed by atoms with Crippen molar-refractivity contribution in [2.24, 2.45) is 0 Å². The monoisotopic (exact) mass is 882 g/mol. The molecule has 0 atom stereocenters. The van der Waals surface area contributed by atoms with Crippen LogP contribution in [0.5, 0.6) is 0 Å². The number of H-pyrrole nitrogens is 1. The number of pyridine rings is 1. The van der Waals surface area contributed by atoms with Gasteiger partial charge in [-0.05, 0) is 94.4 Å². The number of aryl methyl sites for hydroxylation is 1. The van der Waals surface area contributed by atoms with Crippen LogP contribution in [0.15, 0.2) is 231 Å². The highest BCUT2D eigenvalue weighted by Crippen LogP contribution is 2.41. The predicted molar refractivity (Wildman–Crippen MR) is 284 cm³/mol. The van der Waals surface area contributed by atoms with Crippen LogP contribution < -0.4 is 0 Å². The normalized spacial score (nSPS) is 11.6. The Morgan fingerprint density at radius 1 is 0.348 bits per heavy atom. The molecule has 4 heterocycles. The first-order valence-corrected chi connectivity index (χ1v) is 23.3. The van der Waals surface area contributed by atoms with Gasteiger partial charge in [-0.3, -0.25) is 4.57 Å². The van der Waals surface area contributed by atoms with Crippen molar-refractivity contribution in [2.75, 3.05) is 0 Å². The predicted octanol–water partition coefficient (Wildman–Crippen LogP) is 16.0. The van der Waals surface area contributed by atoms with E-state index in [4.69, 9.17) is 19.9 Å². The number of hydrogen-bond donors (Lipinski definition) is 1. The van der Waals surface area contributed by atoms with Crippen molar-refractivity contribution in [3.8, 4) is 84.6 Å². The number of nitrogens with one attached hydrogen (secondary N) is 1. The van der Waals surface area contributed by atoms with Gasteiger partial charge in [-0.25, -0.2) is 9.97 Å². The first-order valence-electron chi connectivity index (χ1n) is 23.3. The van der Waals surface area contributed by atoms with Gasteiger partial charge < -0.3 is 4.98 Å². The maximum absolute atomic E-state index is 5.38. The lowest BCUT2D eigenvalue weighted by molar-refractivity contribution is 0.954. The van der Waals surface area contributed by atoms with Gasteiger partial charge in [0.05, 0.1) is 27.9 Å². The molecule has 9 aromatic carbocycles. The van der Waals surface area contributed by atoms with Crippen LogP contribution in [0.4, 0.5) is 0 Å². The van der Waals surface area contributed by atoms with Crippen molar-refractivity contribution in [1.29, 1.82) is 0 Å². The Morgan fingerprint density at radius 3 is 1.58 bits per heavy atom. The maximum Gasteiger partial charge on any atom is 0.238 e. The molecule has 0 fully saturated rings. The van der Waals surface area contributed by atoms with Crippen LogP contribution in [0.1, 0.15) is 5.56 Å². The van der Waals surface area contributed by atoms with E-state index in [1.807, 2.05) is 60.7 Å². The molecule has 4 aromatic heterocycles. The molecule has 324 valence electrons. The lowest BCUT2D eigenvalue weighted by Crippen LogP contribution is -2.06. The van der Waals surface area contributed by atoms with Crippen LogP contribution in [-0.4, -0.2) is 29.5 Å². The maximum atomic E-state index is 5.38. The van der Waals surface area contributed by atoms with Crippen LogP contribution in [-0.2, 0) is 0 Å². The third kappa shape index (κ3) is 7.14. The molecule has 0 amide bonds. The van der Waals surface area contributed by atoms with E-state index < -0.39 is 0 Å². The minimum atomic E-state index is 0.557. The highest BCUT2D eigenvalue weighted by molar-refractivity contribution is 6.23. The van der Waals surface area contributed by atoms with Crippen LogP contribution >= 0.6 is 0 Å². The molecule has 0 unspecified atom stereocenters. The number of benzene rings is 9. The molecule has 6 heteroatoms. The molecule has 1 N–H and O–H groups in total. The van der Waals surface area contributed by atoms with E-state index in [9.17, 15) is 0 Å². The summed E-state index contributed by atoms with van der Waals surface area (Å²) >= 11 is 0. The minimum absolute atomic E-state index is 0.557. The molecule has 13 aromatic rings. The van der Waals surface area contributed by atoms with Gasteiger partial charge in [0, 0.05) is 49.3 Å². The highest BCUT2D eigenvalue weighted by Gasteiger charge is 2.22.